The maximum atomic E-state index is 12.5. The predicted octanol–water partition coefficient (Wildman–Crippen LogP) is 4.33. The largest absolute Gasteiger partial charge is 0.449 e. The van der Waals surface area contributed by atoms with Gasteiger partial charge < -0.3 is 10.1 Å². The lowest BCUT2D eigenvalue weighted by molar-refractivity contribution is 0.102. The second kappa shape index (κ2) is 8.85. The zero-order valence-corrected chi connectivity index (χ0v) is 15.8. The number of nitrogens with one attached hydrogen (secondary N) is 2. The number of aromatic nitrogens is 2. The normalized spacial score (nSPS) is 10.5. The van der Waals surface area contributed by atoms with Gasteiger partial charge in [0.25, 0.3) is 5.91 Å². The molecule has 1 aromatic heterocycles. The summed E-state index contributed by atoms with van der Waals surface area (Å²) in [5.74, 6) is -0.0325. The van der Waals surface area contributed by atoms with Crippen molar-refractivity contribution >= 4 is 23.4 Å². The summed E-state index contributed by atoms with van der Waals surface area (Å²) in [6.07, 6.45) is 2.64. The minimum atomic E-state index is -0.527. The van der Waals surface area contributed by atoms with Gasteiger partial charge >= 0.3 is 6.09 Å². The van der Waals surface area contributed by atoms with Crippen LogP contribution < -0.4 is 10.6 Å². The number of amides is 2. The van der Waals surface area contributed by atoms with Gasteiger partial charge in [0, 0.05) is 17.6 Å². The molecule has 28 heavy (non-hydrogen) atoms. The second-order valence-corrected chi connectivity index (χ2v) is 6.66. The first-order chi connectivity index (χ1) is 13.5. The molecule has 2 amide bonds. The van der Waals surface area contributed by atoms with Crippen molar-refractivity contribution in [2.24, 2.45) is 5.92 Å². The van der Waals surface area contributed by atoms with Gasteiger partial charge in [0.05, 0.1) is 24.1 Å². The number of hydrogen-bond acceptors (Lipinski definition) is 4. The first kappa shape index (κ1) is 19.2. The number of anilines is 2. The number of carbonyl (C=O) groups is 2. The third-order valence-corrected chi connectivity index (χ3v) is 3.78. The lowest BCUT2D eigenvalue weighted by atomic mass is 10.2. The molecule has 0 fully saturated rings. The van der Waals surface area contributed by atoms with Crippen molar-refractivity contribution in [3.05, 3.63) is 72.6 Å². The van der Waals surface area contributed by atoms with Crippen LogP contribution in [0.1, 0.15) is 24.2 Å². The molecule has 0 radical (unpaired) electrons. The van der Waals surface area contributed by atoms with E-state index >= 15 is 0 Å². The number of para-hydroxylation sites is 1. The van der Waals surface area contributed by atoms with Crippen LogP contribution in [0.5, 0.6) is 0 Å². The van der Waals surface area contributed by atoms with Gasteiger partial charge in [-0.15, -0.1) is 0 Å². The first-order valence-electron chi connectivity index (χ1n) is 8.96. The highest BCUT2D eigenvalue weighted by atomic mass is 16.5. The van der Waals surface area contributed by atoms with Crippen molar-refractivity contribution in [3.8, 4) is 5.69 Å². The van der Waals surface area contributed by atoms with Crippen molar-refractivity contribution in [1.82, 2.24) is 9.78 Å². The molecule has 0 saturated carbocycles. The van der Waals surface area contributed by atoms with Gasteiger partial charge in [0.15, 0.2) is 0 Å². The third-order valence-electron chi connectivity index (χ3n) is 3.78. The number of rotatable bonds is 6. The van der Waals surface area contributed by atoms with Gasteiger partial charge in [0.2, 0.25) is 0 Å². The van der Waals surface area contributed by atoms with E-state index < -0.39 is 6.09 Å². The third kappa shape index (κ3) is 5.20. The minimum absolute atomic E-state index is 0.258. The fraction of sp³-hybridized carbons (Fsp3) is 0.190. The summed E-state index contributed by atoms with van der Waals surface area (Å²) in [5, 5.41) is 9.67. The Morgan fingerprint density at radius 1 is 1.04 bits per heavy atom. The Balaban J connectivity index is 1.63. The van der Waals surface area contributed by atoms with Gasteiger partial charge in [-0.1, -0.05) is 38.1 Å². The molecule has 144 valence electrons. The highest BCUT2D eigenvalue weighted by Gasteiger charge is 2.11. The van der Waals surface area contributed by atoms with Crippen LogP contribution in [0.4, 0.5) is 16.2 Å². The van der Waals surface area contributed by atoms with E-state index in [1.807, 2.05) is 44.2 Å². The summed E-state index contributed by atoms with van der Waals surface area (Å²) in [6.45, 7) is 4.26. The molecule has 7 nitrogen and oxygen atoms in total. The molecule has 0 aliphatic heterocycles. The topological polar surface area (TPSA) is 85.2 Å². The fourth-order valence-corrected chi connectivity index (χ4v) is 2.44. The zero-order valence-electron chi connectivity index (χ0n) is 15.8. The molecule has 7 heteroatoms. The Morgan fingerprint density at radius 3 is 2.46 bits per heavy atom. The average Bonchev–Trinajstić information content (AvgIpc) is 3.18. The number of benzene rings is 2. The van der Waals surface area contributed by atoms with Gasteiger partial charge in [-0.05, 0) is 36.2 Å². The standard InChI is InChI=1S/C21H22N4O3/c1-15(2)14-28-21(27)24-18-8-6-7-17(11-18)23-20(26)16-12-22-25(13-16)19-9-4-3-5-10-19/h3-13,15H,14H2,1-2H3,(H,23,26)(H,24,27). The molecule has 3 rings (SSSR count). The van der Waals surface area contributed by atoms with Gasteiger partial charge in [-0.25, -0.2) is 9.48 Å². The molecule has 2 aromatic carbocycles. The molecule has 0 aliphatic carbocycles. The van der Waals surface area contributed by atoms with E-state index in [-0.39, 0.29) is 11.8 Å². The zero-order chi connectivity index (χ0) is 19.9. The number of hydrogen-bond donors (Lipinski definition) is 2. The molecular formula is C21H22N4O3. The van der Waals surface area contributed by atoms with Crippen LogP contribution in [-0.2, 0) is 4.74 Å². The van der Waals surface area contributed by atoms with Crippen LogP contribution in [0.15, 0.2) is 67.0 Å². The molecule has 0 spiro atoms. The maximum absolute atomic E-state index is 12.5. The average molecular weight is 378 g/mol. The molecular weight excluding hydrogens is 356 g/mol. The fourth-order valence-electron chi connectivity index (χ4n) is 2.44. The number of carbonyl (C=O) groups excluding carboxylic acids is 2. The molecule has 0 unspecified atom stereocenters. The lowest BCUT2D eigenvalue weighted by Crippen LogP contribution is -2.17. The van der Waals surface area contributed by atoms with Crippen molar-refractivity contribution in [2.45, 2.75) is 13.8 Å². The summed E-state index contributed by atoms with van der Waals surface area (Å²) in [5.41, 5.74) is 2.39. The quantitative estimate of drug-likeness (QED) is 0.669. The molecule has 0 bridgehead atoms. The Labute approximate surface area is 163 Å². The van der Waals surface area contributed by atoms with Crippen molar-refractivity contribution in [2.75, 3.05) is 17.2 Å². The Hall–Kier alpha value is -3.61. The van der Waals surface area contributed by atoms with E-state index in [2.05, 4.69) is 15.7 Å². The monoisotopic (exact) mass is 378 g/mol. The van der Waals surface area contributed by atoms with Crippen LogP contribution >= 0.6 is 0 Å². The molecule has 1 heterocycles. The Kier molecular flexibility index (Phi) is 6.06. The van der Waals surface area contributed by atoms with Crippen molar-refractivity contribution < 1.29 is 14.3 Å². The molecule has 0 saturated heterocycles. The molecule has 0 atom stereocenters. The Bertz CT molecular complexity index is 951. The van der Waals surface area contributed by atoms with E-state index in [0.29, 0.717) is 23.5 Å². The van der Waals surface area contributed by atoms with Gasteiger partial charge in [0.1, 0.15) is 0 Å². The summed E-state index contributed by atoms with van der Waals surface area (Å²) < 4.78 is 6.73. The van der Waals surface area contributed by atoms with E-state index in [0.717, 1.165) is 5.69 Å². The van der Waals surface area contributed by atoms with Crippen LogP contribution in [0.3, 0.4) is 0 Å². The van der Waals surface area contributed by atoms with E-state index in [4.69, 9.17) is 4.74 Å². The summed E-state index contributed by atoms with van der Waals surface area (Å²) in [6, 6.07) is 16.4. The highest BCUT2D eigenvalue weighted by molar-refractivity contribution is 6.04. The summed E-state index contributed by atoms with van der Waals surface area (Å²) >= 11 is 0. The van der Waals surface area contributed by atoms with E-state index in [1.165, 1.54) is 6.20 Å². The summed E-state index contributed by atoms with van der Waals surface area (Å²) in [4.78, 5) is 24.3. The van der Waals surface area contributed by atoms with Gasteiger partial charge in [-0.3, -0.25) is 10.1 Å². The SMILES string of the molecule is CC(C)COC(=O)Nc1cccc(NC(=O)c2cnn(-c3ccccc3)c2)c1. The Morgan fingerprint density at radius 2 is 1.75 bits per heavy atom. The molecule has 0 aliphatic rings. The maximum Gasteiger partial charge on any atom is 0.411 e. The van der Waals surface area contributed by atoms with E-state index in [1.54, 1.807) is 35.1 Å². The second-order valence-electron chi connectivity index (χ2n) is 6.66. The van der Waals surface area contributed by atoms with Crippen LogP contribution in [0.2, 0.25) is 0 Å². The smallest absolute Gasteiger partial charge is 0.411 e. The minimum Gasteiger partial charge on any atom is -0.449 e. The molecule has 2 N–H and O–H groups in total. The van der Waals surface area contributed by atoms with Crippen molar-refractivity contribution in [3.63, 3.8) is 0 Å². The predicted molar refractivity (Wildman–Crippen MR) is 108 cm³/mol. The molecule has 3 aromatic rings. The highest BCUT2D eigenvalue weighted by Crippen LogP contribution is 2.17. The van der Waals surface area contributed by atoms with Crippen LogP contribution in [-0.4, -0.2) is 28.4 Å². The summed E-state index contributed by atoms with van der Waals surface area (Å²) in [7, 11) is 0. The first-order valence-corrected chi connectivity index (χ1v) is 8.96. The lowest BCUT2D eigenvalue weighted by Gasteiger charge is -2.10. The van der Waals surface area contributed by atoms with Gasteiger partial charge in [-0.2, -0.15) is 5.10 Å². The van der Waals surface area contributed by atoms with E-state index in [9.17, 15) is 9.59 Å². The van der Waals surface area contributed by atoms with Crippen LogP contribution in [0, 0.1) is 5.92 Å². The number of ether oxygens (including phenoxy) is 1. The van der Waals surface area contributed by atoms with Crippen molar-refractivity contribution in [1.29, 1.82) is 0 Å². The number of nitrogens with zero attached hydrogens (tertiary/aromatic N) is 2. The van der Waals surface area contributed by atoms with Crippen LogP contribution in [0.25, 0.3) is 5.69 Å².